The number of nitrogens with zero attached hydrogens (tertiary/aromatic N) is 2. The van der Waals surface area contributed by atoms with Crippen molar-refractivity contribution >= 4 is 33.3 Å². The Kier molecular flexibility index (Phi) is 14.5. The number of methoxy groups -OCH3 is 3. The number of esters is 1. The Hall–Kier alpha value is -4.55. The van der Waals surface area contributed by atoms with Crippen molar-refractivity contribution in [3.8, 4) is 17.2 Å². The predicted octanol–water partition coefficient (Wildman–Crippen LogP) is 10.8. The average molecular weight is 940 g/mol. The van der Waals surface area contributed by atoms with Crippen molar-refractivity contribution in [2.45, 2.75) is 103 Å². The van der Waals surface area contributed by atoms with Gasteiger partial charge in [0.1, 0.15) is 22.8 Å². The summed E-state index contributed by atoms with van der Waals surface area (Å²) in [6.45, 7) is 10.3. The third-order valence-corrected chi connectivity index (χ3v) is 16.6. The normalized spacial score (nSPS) is 22.4. The number of anilines is 1. The SMILES string of the molecule is CC[C@H](CS(=O)(=O)N(Cc1ccc(OC)cc1)Cc1ccc(OC)cc1)[C@@H]1C=C([C@@H](OC)[C@@H]2CC[C@H]2CN2C[C@@]3(CCCc4cc(Cl)ccc43)COc3ccc(C(=O)OC(C)(C)C)cc32)C1. The molecule has 354 valence electrons. The van der Waals surface area contributed by atoms with Crippen LogP contribution in [0.5, 0.6) is 17.2 Å². The molecule has 0 radical (unpaired) electrons. The number of benzene rings is 4. The third kappa shape index (κ3) is 10.6. The lowest BCUT2D eigenvalue weighted by atomic mass is 9.64. The van der Waals surface area contributed by atoms with Crippen molar-refractivity contribution in [1.29, 1.82) is 0 Å². The zero-order valence-electron chi connectivity index (χ0n) is 39.7. The van der Waals surface area contributed by atoms with Crippen molar-refractivity contribution < 1.29 is 36.9 Å². The highest BCUT2D eigenvalue weighted by atomic mass is 35.5. The Labute approximate surface area is 397 Å². The number of ether oxygens (including phenoxy) is 5. The van der Waals surface area contributed by atoms with E-state index in [-0.39, 0.29) is 48.2 Å². The highest BCUT2D eigenvalue weighted by Gasteiger charge is 2.46. The van der Waals surface area contributed by atoms with Crippen LogP contribution in [0.25, 0.3) is 0 Å². The quantitative estimate of drug-likeness (QED) is 0.0756. The number of carbonyl (C=O) groups excluding carboxylic acids is 1. The van der Waals surface area contributed by atoms with E-state index in [0.29, 0.717) is 24.0 Å². The molecule has 3 aliphatic carbocycles. The van der Waals surface area contributed by atoms with E-state index >= 15 is 0 Å². The van der Waals surface area contributed by atoms with Crippen LogP contribution in [0, 0.1) is 23.7 Å². The minimum absolute atomic E-state index is 0.0418. The lowest BCUT2D eigenvalue weighted by Gasteiger charge is -2.48. The molecule has 4 aliphatic rings. The van der Waals surface area contributed by atoms with Gasteiger partial charge in [-0.25, -0.2) is 13.2 Å². The third-order valence-electron chi connectivity index (χ3n) is 14.5. The minimum atomic E-state index is -3.68. The largest absolute Gasteiger partial charge is 0.497 e. The Morgan fingerprint density at radius 3 is 2.17 bits per heavy atom. The van der Waals surface area contributed by atoms with Crippen LogP contribution in [0.1, 0.15) is 98.8 Å². The van der Waals surface area contributed by atoms with Gasteiger partial charge in [-0.15, -0.1) is 0 Å². The summed E-state index contributed by atoms with van der Waals surface area (Å²) in [6.07, 6.45) is 8.94. The molecule has 0 aromatic heterocycles. The van der Waals surface area contributed by atoms with Crippen LogP contribution in [-0.2, 0) is 44.4 Å². The molecule has 4 aromatic rings. The molecule has 0 bridgehead atoms. The van der Waals surface area contributed by atoms with Gasteiger partial charge in [0.05, 0.1) is 43.9 Å². The van der Waals surface area contributed by atoms with E-state index in [2.05, 4.69) is 30.0 Å². The molecule has 6 atom stereocenters. The van der Waals surface area contributed by atoms with E-state index in [9.17, 15) is 13.2 Å². The van der Waals surface area contributed by atoms with Crippen LogP contribution < -0.4 is 19.1 Å². The van der Waals surface area contributed by atoms with E-state index in [4.69, 9.17) is 35.3 Å². The van der Waals surface area contributed by atoms with Gasteiger partial charge in [-0.1, -0.05) is 61.4 Å². The first-order valence-corrected chi connectivity index (χ1v) is 25.6. The van der Waals surface area contributed by atoms with Gasteiger partial charge >= 0.3 is 5.97 Å². The molecule has 0 unspecified atom stereocenters. The number of allylic oxidation sites excluding steroid dienone is 1. The number of fused-ring (bicyclic) bond motifs is 3. The monoisotopic (exact) mass is 938 g/mol. The summed E-state index contributed by atoms with van der Waals surface area (Å²) < 4.78 is 60.2. The summed E-state index contributed by atoms with van der Waals surface area (Å²) in [4.78, 5) is 15.9. The topological polar surface area (TPSA) is 104 Å². The average Bonchev–Trinajstić information content (AvgIpc) is 3.42. The van der Waals surface area contributed by atoms with Crippen molar-refractivity contribution in [2.24, 2.45) is 23.7 Å². The highest BCUT2D eigenvalue weighted by Crippen LogP contribution is 2.49. The highest BCUT2D eigenvalue weighted by molar-refractivity contribution is 7.89. The number of sulfonamides is 1. The Morgan fingerprint density at radius 1 is 0.924 bits per heavy atom. The number of rotatable bonds is 17. The number of aryl methyl sites for hydroxylation is 1. The van der Waals surface area contributed by atoms with Gasteiger partial charge in [0.25, 0.3) is 0 Å². The van der Waals surface area contributed by atoms with Crippen LogP contribution in [-0.4, -0.2) is 77.2 Å². The van der Waals surface area contributed by atoms with Gasteiger partial charge in [0.2, 0.25) is 10.0 Å². The maximum Gasteiger partial charge on any atom is 0.338 e. The first-order chi connectivity index (χ1) is 31.6. The standard InChI is InChI=1S/C54H67ClN2O8S/c1-8-38(33-66(59,60)57(30-36-11-18-45(61-5)19-12-36)31-37-13-20-46(62-6)21-14-37)42-26-43(27-42)51(63-7)47-22-15-41(47)32-56-34-54(25-9-10-39-28-44(55)17-23-48(39)54)35-64-50-24-16-40(29-49(50)56)52(58)65-53(2,3)4/h11-14,16-21,23-24,26,28-29,38,41-42,47,51H,8-10,15,22,25,27,30-35H2,1-7H3/t38-,41+,42-,47-,51-,54+/m1/s1. The van der Waals surface area contributed by atoms with E-state index in [0.717, 1.165) is 97.1 Å². The summed E-state index contributed by atoms with van der Waals surface area (Å²) in [5, 5.41) is 0.751. The lowest BCUT2D eigenvalue weighted by molar-refractivity contribution is -0.000497. The van der Waals surface area contributed by atoms with E-state index in [1.165, 1.54) is 16.7 Å². The molecule has 10 nitrogen and oxygen atoms in total. The van der Waals surface area contributed by atoms with E-state index in [1.807, 2.05) is 101 Å². The molecule has 1 aliphatic heterocycles. The molecule has 4 aromatic carbocycles. The smallest absolute Gasteiger partial charge is 0.338 e. The van der Waals surface area contributed by atoms with E-state index in [1.54, 1.807) is 18.5 Å². The molecule has 1 saturated carbocycles. The van der Waals surface area contributed by atoms with Crippen molar-refractivity contribution in [3.63, 3.8) is 0 Å². The molecule has 0 N–H and O–H groups in total. The predicted molar refractivity (Wildman–Crippen MR) is 261 cm³/mol. The molecule has 0 saturated heterocycles. The molecule has 1 spiro atoms. The first kappa shape index (κ1) is 47.9. The van der Waals surface area contributed by atoms with Gasteiger partial charge in [0.15, 0.2) is 0 Å². The van der Waals surface area contributed by atoms with Gasteiger partial charge < -0.3 is 28.6 Å². The van der Waals surface area contributed by atoms with Gasteiger partial charge in [-0.3, -0.25) is 0 Å². The van der Waals surface area contributed by atoms with Gasteiger partial charge in [0, 0.05) is 43.7 Å². The fraction of sp³-hybridized carbons (Fsp3) is 0.500. The molecule has 12 heteroatoms. The molecule has 1 fully saturated rings. The minimum Gasteiger partial charge on any atom is -0.497 e. The summed E-state index contributed by atoms with van der Waals surface area (Å²) in [5.74, 6) is 2.67. The Bertz CT molecular complexity index is 2440. The van der Waals surface area contributed by atoms with E-state index < -0.39 is 15.6 Å². The van der Waals surface area contributed by atoms with Crippen LogP contribution in [0.3, 0.4) is 0 Å². The summed E-state index contributed by atoms with van der Waals surface area (Å²) in [7, 11) is 1.38. The number of hydrogen-bond acceptors (Lipinski definition) is 9. The summed E-state index contributed by atoms with van der Waals surface area (Å²) in [5.41, 5.74) is 6.19. The number of carbonyl (C=O) groups is 1. The first-order valence-electron chi connectivity index (χ1n) is 23.6. The molecule has 8 rings (SSSR count). The number of halogens is 1. The van der Waals surface area contributed by atoms with Crippen LogP contribution in [0.15, 0.2) is 96.6 Å². The maximum absolute atomic E-state index is 14.5. The Balaban J connectivity index is 1.01. The molecule has 1 heterocycles. The van der Waals surface area contributed by atoms with Gasteiger partial charge in [-0.2, -0.15) is 4.31 Å². The molecule has 0 amide bonds. The molecular formula is C54H67ClN2O8S. The lowest BCUT2D eigenvalue weighted by Crippen LogP contribution is -2.50. The fourth-order valence-electron chi connectivity index (χ4n) is 10.8. The summed E-state index contributed by atoms with van der Waals surface area (Å²) >= 11 is 6.54. The fourth-order valence-corrected chi connectivity index (χ4v) is 12.9. The summed E-state index contributed by atoms with van der Waals surface area (Å²) in [6, 6.07) is 27.2. The molecular weight excluding hydrogens is 872 g/mol. The van der Waals surface area contributed by atoms with Crippen molar-refractivity contribution in [2.75, 3.05) is 51.7 Å². The van der Waals surface area contributed by atoms with Gasteiger partial charge in [-0.05, 0) is 165 Å². The van der Waals surface area contributed by atoms with Crippen LogP contribution in [0.4, 0.5) is 5.69 Å². The zero-order chi connectivity index (χ0) is 46.8. The van der Waals surface area contributed by atoms with Crippen LogP contribution >= 0.6 is 11.6 Å². The van der Waals surface area contributed by atoms with Crippen molar-refractivity contribution in [3.05, 3.63) is 129 Å². The second kappa shape index (κ2) is 20.0. The van der Waals surface area contributed by atoms with Crippen LogP contribution in [0.2, 0.25) is 5.02 Å². The van der Waals surface area contributed by atoms with Crippen molar-refractivity contribution in [1.82, 2.24) is 4.31 Å². The second-order valence-electron chi connectivity index (χ2n) is 20.0. The second-order valence-corrected chi connectivity index (χ2v) is 22.4. The maximum atomic E-state index is 14.5. The molecule has 66 heavy (non-hydrogen) atoms. The Morgan fingerprint density at radius 2 is 1.59 bits per heavy atom. The zero-order valence-corrected chi connectivity index (χ0v) is 41.3. The number of hydrogen-bond donors (Lipinski definition) is 0.